The number of pyridine rings is 1. The van der Waals surface area contributed by atoms with E-state index in [1.54, 1.807) is 0 Å². The number of benzene rings is 1. The first kappa shape index (κ1) is 15.1. The molecule has 2 aromatic heterocycles. The highest BCUT2D eigenvalue weighted by molar-refractivity contribution is 5.78. The van der Waals surface area contributed by atoms with Crippen LogP contribution in [0.15, 0.2) is 36.8 Å². The van der Waals surface area contributed by atoms with Crippen molar-refractivity contribution in [2.45, 2.75) is 19.3 Å². The SMILES string of the molecule is CCc1cc(C2CN(C)C2)ccc1Nc1cc2c(cn1)ncn2C. The van der Waals surface area contributed by atoms with Crippen LogP contribution in [0.5, 0.6) is 0 Å². The van der Waals surface area contributed by atoms with E-state index in [0.29, 0.717) is 5.92 Å². The highest BCUT2D eigenvalue weighted by atomic mass is 15.2. The summed E-state index contributed by atoms with van der Waals surface area (Å²) >= 11 is 0. The van der Waals surface area contributed by atoms with E-state index in [0.717, 1.165) is 42.0 Å². The van der Waals surface area contributed by atoms with Gasteiger partial charge in [-0.15, -0.1) is 0 Å². The van der Waals surface area contributed by atoms with Gasteiger partial charge in [0.15, 0.2) is 0 Å². The number of fused-ring (bicyclic) bond motifs is 1. The van der Waals surface area contributed by atoms with Gasteiger partial charge in [-0.1, -0.05) is 19.1 Å². The van der Waals surface area contributed by atoms with Crippen molar-refractivity contribution in [3.05, 3.63) is 47.9 Å². The topological polar surface area (TPSA) is 46.0 Å². The minimum atomic E-state index is 0.679. The number of aryl methyl sites for hydroxylation is 2. The standard InChI is InChI=1S/C19H23N5/c1-4-13-7-14(15-10-23(2)11-15)5-6-16(13)22-19-8-18-17(9-20-19)21-12-24(18)3/h5-9,12,15H,4,10-11H2,1-3H3,(H,20,22). The van der Waals surface area contributed by atoms with E-state index < -0.39 is 0 Å². The van der Waals surface area contributed by atoms with E-state index in [1.807, 2.05) is 24.1 Å². The molecule has 1 aromatic carbocycles. The fourth-order valence-corrected chi connectivity index (χ4v) is 3.43. The summed E-state index contributed by atoms with van der Waals surface area (Å²) in [6.45, 7) is 4.53. The second kappa shape index (κ2) is 5.91. The Bertz CT molecular complexity index is 877. The van der Waals surface area contributed by atoms with Crippen molar-refractivity contribution < 1.29 is 0 Å². The number of anilines is 2. The summed E-state index contributed by atoms with van der Waals surface area (Å²) in [6.07, 6.45) is 4.65. The zero-order valence-electron chi connectivity index (χ0n) is 14.5. The predicted molar refractivity (Wildman–Crippen MR) is 97.8 cm³/mol. The van der Waals surface area contributed by atoms with Crippen LogP contribution in [0, 0.1) is 0 Å². The second-order valence-electron chi connectivity index (χ2n) is 6.73. The van der Waals surface area contributed by atoms with Gasteiger partial charge in [-0.2, -0.15) is 0 Å². The summed E-state index contributed by atoms with van der Waals surface area (Å²) in [7, 11) is 4.18. The molecule has 24 heavy (non-hydrogen) atoms. The van der Waals surface area contributed by atoms with Crippen molar-refractivity contribution in [1.29, 1.82) is 0 Å². The Kier molecular flexibility index (Phi) is 3.73. The fraction of sp³-hybridized carbons (Fsp3) is 0.368. The van der Waals surface area contributed by atoms with Crippen LogP contribution in [0.4, 0.5) is 11.5 Å². The third-order valence-electron chi connectivity index (χ3n) is 4.92. The zero-order chi connectivity index (χ0) is 16.7. The average molecular weight is 321 g/mol. The van der Waals surface area contributed by atoms with Crippen LogP contribution in [0.2, 0.25) is 0 Å². The molecule has 5 heteroatoms. The maximum atomic E-state index is 4.49. The van der Waals surface area contributed by atoms with Gasteiger partial charge in [0.2, 0.25) is 0 Å². The maximum Gasteiger partial charge on any atom is 0.132 e. The normalized spacial score (nSPS) is 15.6. The molecule has 3 aromatic rings. The van der Waals surface area contributed by atoms with Gasteiger partial charge >= 0.3 is 0 Å². The minimum Gasteiger partial charge on any atom is -0.340 e. The molecule has 4 rings (SSSR count). The Morgan fingerprint density at radius 1 is 1.17 bits per heavy atom. The molecule has 5 nitrogen and oxygen atoms in total. The third kappa shape index (κ3) is 2.65. The fourth-order valence-electron chi connectivity index (χ4n) is 3.43. The van der Waals surface area contributed by atoms with E-state index in [9.17, 15) is 0 Å². The number of likely N-dealkylation sites (tertiary alicyclic amines) is 1. The van der Waals surface area contributed by atoms with Crippen LogP contribution in [0.1, 0.15) is 24.0 Å². The van der Waals surface area contributed by atoms with Gasteiger partial charge < -0.3 is 14.8 Å². The first-order valence-electron chi connectivity index (χ1n) is 8.49. The highest BCUT2D eigenvalue weighted by Gasteiger charge is 2.25. The maximum absolute atomic E-state index is 4.49. The zero-order valence-corrected chi connectivity index (χ0v) is 14.5. The van der Waals surface area contributed by atoms with Gasteiger partial charge in [-0.3, -0.25) is 0 Å². The van der Waals surface area contributed by atoms with Gasteiger partial charge in [0.1, 0.15) is 11.3 Å². The molecule has 1 aliphatic rings. The lowest BCUT2D eigenvalue weighted by atomic mass is 9.90. The van der Waals surface area contributed by atoms with Crippen molar-refractivity contribution >= 4 is 22.5 Å². The molecule has 1 N–H and O–H groups in total. The average Bonchev–Trinajstić information content (AvgIpc) is 2.93. The molecule has 3 heterocycles. The van der Waals surface area contributed by atoms with E-state index in [1.165, 1.54) is 11.1 Å². The molecule has 0 bridgehead atoms. The van der Waals surface area contributed by atoms with Crippen LogP contribution in [-0.4, -0.2) is 39.6 Å². The second-order valence-corrected chi connectivity index (χ2v) is 6.73. The number of hydrogen-bond donors (Lipinski definition) is 1. The largest absolute Gasteiger partial charge is 0.340 e. The number of nitrogens with one attached hydrogen (secondary N) is 1. The van der Waals surface area contributed by atoms with Gasteiger partial charge in [0, 0.05) is 37.8 Å². The number of aromatic nitrogens is 3. The summed E-state index contributed by atoms with van der Waals surface area (Å²) in [6, 6.07) is 8.85. The molecule has 0 atom stereocenters. The van der Waals surface area contributed by atoms with Crippen molar-refractivity contribution in [2.24, 2.45) is 7.05 Å². The first-order valence-corrected chi connectivity index (χ1v) is 8.49. The molecule has 0 aliphatic carbocycles. The molecular formula is C19H23N5. The first-order chi connectivity index (χ1) is 11.6. The smallest absolute Gasteiger partial charge is 0.132 e. The molecule has 1 saturated heterocycles. The quantitative estimate of drug-likeness (QED) is 0.801. The summed E-state index contributed by atoms with van der Waals surface area (Å²) < 4.78 is 2.01. The monoisotopic (exact) mass is 321 g/mol. The lowest BCUT2D eigenvalue weighted by Crippen LogP contribution is -2.41. The number of nitrogens with zero attached hydrogens (tertiary/aromatic N) is 4. The Balaban J connectivity index is 1.61. The Morgan fingerprint density at radius 3 is 2.75 bits per heavy atom. The van der Waals surface area contributed by atoms with E-state index in [2.05, 4.69) is 58.4 Å². The lowest BCUT2D eigenvalue weighted by Gasteiger charge is -2.36. The van der Waals surface area contributed by atoms with Crippen LogP contribution >= 0.6 is 0 Å². The van der Waals surface area contributed by atoms with Gasteiger partial charge in [0.25, 0.3) is 0 Å². The van der Waals surface area contributed by atoms with Crippen LogP contribution < -0.4 is 5.32 Å². The van der Waals surface area contributed by atoms with Crippen molar-refractivity contribution in [2.75, 3.05) is 25.5 Å². The summed E-state index contributed by atoms with van der Waals surface area (Å²) in [5, 5.41) is 3.48. The van der Waals surface area contributed by atoms with Crippen molar-refractivity contribution in [3.63, 3.8) is 0 Å². The van der Waals surface area contributed by atoms with Crippen LogP contribution in [0.25, 0.3) is 11.0 Å². The molecule has 1 fully saturated rings. The number of rotatable bonds is 4. The van der Waals surface area contributed by atoms with Crippen LogP contribution in [-0.2, 0) is 13.5 Å². The van der Waals surface area contributed by atoms with Crippen LogP contribution in [0.3, 0.4) is 0 Å². The molecule has 0 spiro atoms. The summed E-state index contributed by atoms with van der Waals surface area (Å²) in [5.74, 6) is 1.54. The Hall–Kier alpha value is -2.40. The number of likely N-dealkylation sites (N-methyl/N-ethyl adjacent to an activating group) is 1. The molecule has 0 saturated carbocycles. The van der Waals surface area contributed by atoms with Crippen molar-refractivity contribution in [1.82, 2.24) is 19.4 Å². The molecule has 1 aliphatic heterocycles. The van der Waals surface area contributed by atoms with Gasteiger partial charge in [-0.05, 0) is 30.7 Å². The number of hydrogen-bond acceptors (Lipinski definition) is 4. The van der Waals surface area contributed by atoms with E-state index in [-0.39, 0.29) is 0 Å². The summed E-state index contributed by atoms with van der Waals surface area (Å²) in [5.41, 5.74) is 5.94. The minimum absolute atomic E-state index is 0.679. The molecule has 0 amide bonds. The highest BCUT2D eigenvalue weighted by Crippen LogP contribution is 2.30. The summed E-state index contributed by atoms with van der Waals surface area (Å²) in [4.78, 5) is 11.2. The molecular weight excluding hydrogens is 298 g/mol. The Morgan fingerprint density at radius 2 is 2.00 bits per heavy atom. The number of imidazole rings is 1. The van der Waals surface area contributed by atoms with Gasteiger partial charge in [-0.25, -0.2) is 9.97 Å². The third-order valence-corrected chi connectivity index (χ3v) is 4.92. The van der Waals surface area contributed by atoms with Gasteiger partial charge in [0.05, 0.1) is 18.0 Å². The lowest BCUT2D eigenvalue weighted by molar-refractivity contribution is 0.189. The molecule has 0 radical (unpaired) electrons. The molecule has 0 unspecified atom stereocenters. The molecule has 124 valence electrons. The van der Waals surface area contributed by atoms with E-state index >= 15 is 0 Å². The van der Waals surface area contributed by atoms with Crippen molar-refractivity contribution in [3.8, 4) is 0 Å². The van der Waals surface area contributed by atoms with E-state index in [4.69, 9.17) is 0 Å². The predicted octanol–water partition coefficient (Wildman–Crippen LogP) is 3.30. The Labute approximate surface area is 142 Å².